The van der Waals surface area contributed by atoms with E-state index in [-0.39, 0.29) is 13.2 Å². The highest BCUT2D eigenvalue weighted by molar-refractivity contribution is 5.82. The molecule has 0 radical (unpaired) electrons. The van der Waals surface area contributed by atoms with Crippen molar-refractivity contribution < 1.29 is 24.5 Å². The molecule has 2 unspecified atom stereocenters. The number of aliphatic hydroxyl groups is 1. The van der Waals surface area contributed by atoms with Crippen molar-refractivity contribution in [2.24, 2.45) is 0 Å². The van der Waals surface area contributed by atoms with Crippen LogP contribution in [0.25, 0.3) is 0 Å². The van der Waals surface area contributed by atoms with Crippen LogP contribution in [0.3, 0.4) is 0 Å². The molecule has 1 aliphatic rings. The van der Waals surface area contributed by atoms with Crippen molar-refractivity contribution in [2.75, 3.05) is 19.7 Å². The Balaban J connectivity index is 2.67. The highest BCUT2D eigenvalue weighted by atomic mass is 16.5. The number of nitrogens with zero attached hydrogens (tertiary/aromatic N) is 1. The molecular weight excluding hydrogens is 252 g/mol. The zero-order chi connectivity index (χ0) is 14.6. The van der Waals surface area contributed by atoms with Crippen molar-refractivity contribution in [3.05, 3.63) is 0 Å². The first kappa shape index (κ1) is 15.7. The molecule has 1 heterocycles. The lowest BCUT2D eigenvalue weighted by atomic mass is 10.1. The topological polar surface area (TPSA) is 99.1 Å². The van der Waals surface area contributed by atoms with Crippen LogP contribution in [0, 0.1) is 0 Å². The molecule has 0 aliphatic carbocycles. The Morgan fingerprint density at radius 3 is 2.63 bits per heavy atom. The fourth-order valence-electron chi connectivity index (χ4n) is 2.12. The first-order valence-electron chi connectivity index (χ1n) is 6.36. The van der Waals surface area contributed by atoms with E-state index in [4.69, 9.17) is 14.9 Å². The molecule has 3 N–H and O–H groups in total. The van der Waals surface area contributed by atoms with Gasteiger partial charge in [0.15, 0.2) is 0 Å². The Labute approximate surface area is 112 Å². The van der Waals surface area contributed by atoms with Crippen molar-refractivity contribution in [1.29, 1.82) is 0 Å². The average molecular weight is 274 g/mol. The van der Waals surface area contributed by atoms with Gasteiger partial charge in [0.05, 0.1) is 31.4 Å². The van der Waals surface area contributed by atoms with E-state index < -0.39 is 29.7 Å². The second-order valence-corrected chi connectivity index (χ2v) is 5.31. The van der Waals surface area contributed by atoms with Gasteiger partial charge in [0.1, 0.15) is 6.04 Å². The van der Waals surface area contributed by atoms with E-state index in [9.17, 15) is 9.59 Å². The summed E-state index contributed by atoms with van der Waals surface area (Å²) in [6.45, 7) is 5.77. The van der Waals surface area contributed by atoms with Crippen LogP contribution in [0.15, 0.2) is 0 Å². The number of carbonyl (C=O) groups excluding carboxylic acids is 1. The Morgan fingerprint density at radius 1 is 1.53 bits per heavy atom. The monoisotopic (exact) mass is 274 g/mol. The number of urea groups is 1. The van der Waals surface area contributed by atoms with Crippen LogP contribution in [0.1, 0.15) is 27.2 Å². The number of hydrogen-bond donors (Lipinski definition) is 3. The van der Waals surface area contributed by atoms with Gasteiger partial charge in [0.2, 0.25) is 0 Å². The molecule has 1 fully saturated rings. The summed E-state index contributed by atoms with van der Waals surface area (Å²) in [5, 5.41) is 20.6. The minimum absolute atomic E-state index is 0.177. The van der Waals surface area contributed by atoms with Gasteiger partial charge in [-0.2, -0.15) is 0 Å². The molecule has 2 amide bonds. The van der Waals surface area contributed by atoms with Gasteiger partial charge in [-0.05, 0) is 20.3 Å². The van der Waals surface area contributed by atoms with Crippen molar-refractivity contribution in [3.8, 4) is 0 Å². The number of carboxylic acids is 1. The number of morpholine rings is 1. The minimum atomic E-state index is -1.05. The maximum Gasteiger partial charge on any atom is 0.326 e. The second kappa shape index (κ2) is 6.21. The summed E-state index contributed by atoms with van der Waals surface area (Å²) in [4.78, 5) is 24.4. The summed E-state index contributed by atoms with van der Waals surface area (Å²) >= 11 is 0. The third kappa shape index (κ3) is 4.36. The van der Waals surface area contributed by atoms with Crippen molar-refractivity contribution in [2.45, 2.75) is 44.9 Å². The fourth-order valence-corrected chi connectivity index (χ4v) is 2.12. The maximum absolute atomic E-state index is 12.0. The molecule has 0 saturated carbocycles. The molecule has 2 atom stereocenters. The van der Waals surface area contributed by atoms with Crippen LogP contribution < -0.4 is 5.32 Å². The molecule has 1 aliphatic heterocycles. The Kier molecular flexibility index (Phi) is 5.13. The van der Waals surface area contributed by atoms with Crippen LogP contribution >= 0.6 is 0 Å². The number of carboxylic acid groups (broad SMARTS) is 1. The average Bonchev–Trinajstić information content (AvgIpc) is 2.33. The standard InChI is InChI=1S/C12H22N2O5/c1-4-9(10(16)17)13-11(18)14-5-8(6-15)19-12(2,3)7-14/h8-9,15H,4-7H2,1-3H3,(H,13,18)(H,16,17). The molecule has 110 valence electrons. The predicted molar refractivity (Wildman–Crippen MR) is 67.9 cm³/mol. The summed E-state index contributed by atoms with van der Waals surface area (Å²) < 4.78 is 5.59. The normalized spacial score (nSPS) is 23.8. The van der Waals surface area contributed by atoms with Crippen LogP contribution in [0.5, 0.6) is 0 Å². The Hall–Kier alpha value is -1.34. The van der Waals surface area contributed by atoms with E-state index in [1.54, 1.807) is 6.92 Å². The number of nitrogens with one attached hydrogen (secondary N) is 1. The molecular formula is C12H22N2O5. The van der Waals surface area contributed by atoms with Gasteiger partial charge in [0.25, 0.3) is 0 Å². The number of amides is 2. The first-order chi connectivity index (χ1) is 8.79. The number of aliphatic carboxylic acids is 1. The third-order valence-electron chi connectivity index (χ3n) is 2.98. The fraction of sp³-hybridized carbons (Fsp3) is 0.833. The molecule has 19 heavy (non-hydrogen) atoms. The lowest BCUT2D eigenvalue weighted by Gasteiger charge is -2.42. The van der Waals surface area contributed by atoms with Gasteiger partial charge in [-0.25, -0.2) is 9.59 Å². The van der Waals surface area contributed by atoms with Crippen molar-refractivity contribution in [3.63, 3.8) is 0 Å². The van der Waals surface area contributed by atoms with Gasteiger partial charge < -0.3 is 25.2 Å². The minimum Gasteiger partial charge on any atom is -0.480 e. The van der Waals surface area contributed by atoms with Crippen molar-refractivity contribution >= 4 is 12.0 Å². The molecule has 0 spiro atoms. The molecule has 0 bridgehead atoms. The summed E-state index contributed by atoms with van der Waals surface area (Å²) in [6.07, 6.45) is -0.127. The largest absolute Gasteiger partial charge is 0.480 e. The lowest BCUT2D eigenvalue weighted by molar-refractivity contribution is -0.141. The quantitative estimate of drug-likeness (QED) is 0.672. The van der Waals surface area contributed by atoms with Crippen LogP contribution in [-0.2, 0) is 9.53 Å². The molecule has 0 aromatic heterocycles. The number of carbonyl (C=O) groups is 2. The van der Waals surface area contributed by atoms with Gasteiger partial charge in [-0.15, -0.1) is 0 Å². The Bertz CT molecular complexity index is 345. The molecule has 1 rings (SSSR count). The van der Waals surface area contributed by atoms with Gasteiger partial charge in [-0.3, -0.25) is 0 Å². The SMILES string of the molecule is CCC(NC(=O)N1CC(CO)OC(C)(C)C1)C(=O)O. The van der Waals surface area contributed by atoms with E-state index >= 15 is 0 Å². The van der Waals surface area contributed by atoms with E-state index in [1.165, 1.54) is 4.90 Å². The highest BCUT2D eigenvalue weighted by Gasteiger charge is 2.36. The number of hydrogen-bond acceptors (Lipinski definition) is 4. The summed E-state index contributed by atoms with van der Waals surface area (Å²) in [5.74, 6) is -1.05. The van der Waals surface area contributed by atoms with Gasteiger partial charge >= 0.3 is 12.0 Å². The first-order valence-corrected chi connectivity index (χ1v) is 6.36. The van der Waals surface area contributed by atoms with E-state index in [0.717, 1.165) is 0 Å². The van der Waals surface area contributed by atoms with Gasteiger partial charge in [-0.1, -0.05) is 6.92 Å². The molecule has 7 nitrogen and oxygen atoms in total. The van der Waals surface area contributed by atoms with E-state index in [0.29, 0.717) is 13.0 Å². The molecule has 0 aromatic rings. The summed E-state index contributed by atoms with van der Waals surface area (Å²) in [6, 6.07) is -1.34. The Morgan fingerprint density at radius 2 is 2.16 bits per heavy atom. The number of aliphatic hydroxyl groups excluding tert-OH is 1. The summed E-state index contributed by atoms with van der Waals surface area (Å²) in [5.41, 5.74) is -0.562. The van der Waals surface area contributed by atoms with Gasteiger partial charge in [0, 0.05) is 0 Å². The van der Waals surface area contributed by atoms with Crippen LogP contribution in [0.2, 0.25) is 0 Å². The zero-order valence-electron chi connectivity index (χ0n) is 11.5. The second-order valence-electron chi connectivity index (χ2n) is 5.31. The lowest BCUT2D eigenvalue weighted by Crippen LogP contribution is -2.59. The molecule has 1 saturated heterocycles. The number of rotatable bonds is 4. The summed E-state index contributed by atoms with van der Waals surface area (Å²) in [7, 11) is 0. The maximum atomic E-state index is 12.0. The smallest absolute Gasteiger partial charge is 0.326 e. The van der Waals surface area contributed by atoms with Crippen LogP contribution in [0.4, 0.5) is 4.79 Å². The van der Waals surface area contributed by atoms with E-state index in [2.05, 4.69) is 5.32 Å². The number of ether oxygens (including phenoxy) is 1. The third-order valence-corrected chi connectivity index (χ3v) is 2.98. The molecule has 0 aromatic carbocycles. The van der Waals surface area contributed by atoms with Crippen LogP contribution in [-0.4, -0.2) is 64.6 Å². The molecule has 7 heteroatoms. The predicted octanol–water partition coefficient (Wildman–Crippen LogP) is 0.0309. The van der Waals surface area contributed by atoms with Crippen molar-refractivity contribution in [1.82, 2.24) is 10.2 Å². The highest BCUT2D eigenvalue weighted by Crippen LogP contribution is 2.20. The zero-order valence-corrected chi connectivity index (χ0v) is 11.5. The van der Waals surface area contributed by atoms with E-state index in [1.807, 2.05) is 13.8 Å².